The summed E-state index contributed by atoms with van der Waals surface area (Å²) in [5.41, 5.74) is 0.794. The van der Waals surface area contributed by atoms with E-state index in [1.807, 2.05) is 36.4 Å². The summed E-state index contributed by atoms with van der Waals surface area (Å²) in [5.74, 6) is -0.729. The van der Waals surface area contributed by atoms with Gasteiger partial charge in [-0.15, -0.1) is 0 Å². The van der Waals surface area contributed by atoms with Gasteiger partial charge < -0.3 is 15.3 Å². The van der Waals surface area contributed by atoms with Crippen LogP contribution >= 0.6 is 23.2 Å². The number of rotatable bonds is 3. The molecule has 1 aliphatic carbocycles. The largest absolute Gasteiger partial charge is 0.385 e. The van der Waals surface area contributed by atoms with E-state index < -0.39 is 17.4 Å². The number of nitrogens with one attached hydrogen (secondary N) is 1. The Labute approximate surface area is 186 Å². The van der Waals surface area contributed by atoms with Crippen LogP contribution in [0.15, 0.2) is 48.5 Å². The van der Waals surface area contributed by atoms with Crippen LogP contribution in [0, 0.1) is 0 Å². The van der Waals surface area contributed by atoms with Gasteiger partial charge in [0.25, 0.3) is 0 Å². The van der Waals surface area contributed by atoms with Gasteiger partial charge in [0.15, 0.2) is 0 Å². The Balaban J connectivity index is 1.27. The molecule has 1 aliphatic heterocycles. The maximum Gasteiger partial charge on any atom is 0.311 e. The Morgan fingerprint density at radius 2 is 1.63 bits per heavy atom. The van der Waals surface area contributed by atoms with Gasteiger partial charge in [-0.3, -0.25) is 9.59 Å². The first-order valence-corrected chi connectivity index (χ1v) is 10.9. The lowest BCUT2D eigenvalue weighted by Crippen LogP contribution is -2.53. The van der Waals surface area contributed by atoms with Crippen molar-refractivity contribution in [3.8, 4) is 0 Å². The molecule has 2 amide bonds. The molecule has 0 atom stereocenters. The normalized spacial score (nSPS) is 22.8. The average molecular weight is 447 g/mol. The molecule has 0 spiro atoms. The molecule has 1 saturated carbocycles. The van der Waals surface area contributed by atoms with Gasteiger partial charge in [0.1, 0.15) is 0 Å². The van der Waals surface area contributed by atoms with Crippen molar-refractivity contribution in [3.05, 3.63) is 69.7 Å². The molecule has 0 unspecified atom stereocenters. The molecule has 30 heavy (non-hydrogen) atoms. The first-order chi connectivity index (χ1) is 14.4. The molecule has 2 aromatic carbocycles. The molecule has 158 valence electrons. The number of likely N-dealkylation sites (tertiary alicyclic amines) is 1. The number of hydrogen-bond donors (Lipinski definition) is 2. The number of carbonyl (C=O) groups is 2. The van der Waals surface area contributed by atoms with Crippen LogP contribution in [0.3, 0.4) is 0 Å². The fourth-order valence-electron chi connectivity index (χ4n) is 4.32. The van der Waals surface area contributed by atoms with Crippen molar-refractivity contribution in [2.45, 2.75) is 43.2 Å². The van der Waals surface area contributed by atoms with Gasteiger partial charge in [-0.2, -0.15) is 0 Å². The maximum atomic E-state index is 12.6. The molecule has 2 N–H and O–H groups in total. The lowest BCUT2D eigenvalue weighted by Gasteiger charge is -2.39. The van der Waals surface area contributed by atoms with E-state index >= 15 is 0 Å². The molecule has 2 fully saturated rings. The number of aliphatic hydroxyl groups is 1. The Bertz CT molecular complexity index is 934. The van der Waals surface area contributed by atoms with Crippen LogP contribution in [0.5, 0.6) is 0 Å². The van der Waals surface area contributed by atoms with Gasteiger partial charge in [-0.25, -0.2) is 0 Å². The second-order valence-corrected chi connectivity index (χ2v) is 9.04. The van der Waals surface area contributed by atoms with Crippen LogP contribution in [0.25, 0.3) is 0 Å². The van der Waals surface area contributed by atoms with E-state index in [2.05, 4.69) is 5.32 Å². The number of nitrogens with zero attached hydrogens (tertiary/aromatic N) is 1. The van der Waals surface area contributed by atoms with Crippen molar-refractivity contribution in [1.82, 2.24) is 10.2 Å². The van der Waals surface area contributed by atoms with Crippen LogP contribution in [-0.4, -0.2) is 41.0 Å². The second-order valence-electron chi connectivity index (χ2n) is 8.19. The monoisotopic (exact) mass is 446 g/mol. The van der Waals surface area contributed by atoms with Crippen molar-refractivity contribution in [2.75, 3.05) is 13.1 Å². The number of carbonyl (C=O) groups excluding carboxylic acids is 2. The fraction of sp³-hybridized carbons (Fsp3) is 0.391. The molecule has 0 radical (unpaired) electrons. The van der Waals surface area contributed by atoms with E-state index in [9.17, 15) is 14.7 Å². The number of hydrogen-bond acceptors (Lipinski definition) is 3. The lowest BCUT2D eigenvalue weighted by molar-refractivity contribution is -0.149. The highest BCUT2D eigenvalue weighted by Crippen LogP contribution is 2.38. The fourth-order valence-corrected chi connectivity index (χ4v) is 4.76. The third kappa shape index (κ3) is 4.34. The van der Waals surface area contributed by atoms with Crippen LogP contribution in [-0.2, 0) is 15.2 Å². The van der Waals surface area contributed by atoms with Crippen LogP contribution < -0.4 is 5.32 Å². The molecule has 0 aromatic heterocycles. The lowest BCUT2D eigenvalue weighted by atomic mass is 9.76. The summed E-state index contributed by atoms with van der Waals surface area (Å²) in [6, 6.07) is 15.0. The van der Waals surface area contributed by atoms with E-state index in [0.29, 0.717) is 47.5 Å². The van der Waals surface area contributed by atoms with Gasteiger partial charge in [0.05, 0.1) is 5.60 Å². The van der Waals surface area contributed by atoms with Gasteiger partial charge in [-0.05, 0) is 55.4 Å². The van der Waals surface area contributed by atoms with Crippen LogP contribution in [0.2, 0.25) is 10.0 Å². The van der Waals surface area contributed by atoms with Gasteiger partial charge in [0, 0.05) is 34.7 Å². The first-order valence-electron chi connectivity index (χ1n) is 10.2. The van der Waals surface area contributed by atoms with Crippen molar-refractivity contribution in [3.63, 3.8) is 0 Å². The summed E-state index contributed by atoms with van der Waals surface area (Å²) in [4.78, 5) is 26.5. The third-order valence-electron chi connectivity index (χ3n) is 6.26. The van der Waals surface area contributed by atoms with Crippen LogP contribution in [0.4, 0.5) is 0 Å². The average Bonchev–Trinajstić information content (AvgIpc) is 2.71. The summed E-state index contributed by atoms with van der Waals surface area (Å²) < 4.78 is 0. The van der Waals surface area contributed by atoms with E-state index in [0.717, 1.165) is 12.8 Å². The van der Waals surface area contributed by atoms with E-state index in [4.69, 9.17) is 23.2 Å². The van der Waals surface area contributed by atoms with Gasteiger partial charge in [-0.1, -0.05) is 53.5 Å². The van der Waals surface area contributed by atoms with Crippen molar-refractivity contribution in [2.24, 2.45) is 0 Å². The Morgan fingerprint density at radius 3 is 2.27 bits per heavy atom. The minimum Gasteiger partial charge on any atom is -0.385 e. The highest BCUT2D eigenvalue weighted by molar-refractivity contribution is 6.35. The zero-order valence-corrected chi connectivity index (χ0v) is 18.0. The van der Waals surface area contributed by atoms with Crippen molar-refractivity contribution in [1.29, 1.82) is 0 Å². The Hall–Kier alpha value is -2.08. The molecule has 7 heteroatoms. The predicted molar refractivity (Wildman–Crippen MR) is 117 cm³/mol. The predicted octanol–water partition coefficient (Wildman–Crippen LogP) is 3.87. The summed E-state index contributed by atoms with van der Waals surface area (Å²) in [6.45, 7) is 0.623. The number of benzene rings is 2. The summed E-state index contributed by atoms with van der Waals surface area (Å²) in [7, 11) is 0. The van der Waals surface area contributed by atoms with E-state index in [-0.39, 0.29) is 6.04 Å². The molecular weight excluding hydrogens is 423 g/mol. The highest BCUT2D eigenvalue weighted by atomic mass is 35.5. The van der Waals surface area contributed by atoms with Crippen molar-refractivity contribution < 1.29 is 14.7 Å². The smallest absolute Gasteiger partial charge is 0.311 e. The minimum atomic E-state index is -1.08. The van der Waals surface area contributed by atoms with Gasteiger partial charge >= 0.3 is 11.8 Å². The standard InChI is InChI=1S/C23H24Cl2N2O3/c24-17-7-5-15(6-8-17)16-13-18(14-16)26-21(28)22(29)27-11-9-23(30,10-12-27)19-3-1-2-4-20(19)25/h1-8,16,18,30H,9-14H2,(H,26,28). The second kappa shape index (κ2) is 8.58. The Kier molecular flexibility index (Phi) is 6.05. The molecule has 2 aliphatic rings. The highest BCUT2D eigenvalue weighted by Gasteiger charge is 2.39. The first kappa shape index (κ1) is 21.2. The number of halogens is 2. The number of piperidine rings is 1. The van der Waals surface area contributed by atoms with E-state index in [1.54, 1.807) is 12.1 Å². The summed E-state index contributed by atoms with van der Waals surface area (Å²) in [5, 5.41) is 15.0. The quantitative estimate of drug-likeness (QED) is 0.703. The third-order valence-corrected chi connectivity index (χ3v) is 6.84. The van der Waals surface area contributed by atoms with Gasteiger partial charge in [0.2, 0.25) is 0 Å². The molecule has 1 saturated heterocycles. The molecular formula is C23H24Cl2N2O3. The topological polar surface area (TPSA) is 69.6 Å². The zero-order chi connectivity index (χ0) is 21.3. The molecule has 4 rings (SSSR count). The summed E-state index contributed by atoms with van der Waals surface area (Å²) in [6.07, 6.45) is 2.31. The molecule has 1 heterocycles. The minimum absolute atomic E-state index is 0.00646. The zero-order valence-electron chi connectivity index (χ0n) is 16.5. The molecule has 0 bridgehead atoms. The van der Waals surface area contributed by atoms with Crippen LogP contribution in [0.1, 0.15) is 42.7 Å². The molecule has 5 nitrogen and oxygen atoms in total. The molecule has 2 aromatic rings. The van der Waals surface area contributed by atoms with Crippen molar-refractivity contribution >= 4 is 35.0 Å². The number of amides is 2. The van der Waals surface area contributed by atoms with E-state index in [1.165, 1.54) is 10.5 Å². The maximum absolute atomic E-state index is 12.6. The summed E-state index contributed by atoms with van der Waals surface area (Å²) >= 11 is 12.2. The SMILES string of the molecule is O=C(NC1CC(c2ccc(Cl)cc2)C1)C(=O)N1CCC(O)(c2ccccc2Cl)CC1. The Morgan fingerprint density at radius 1 is 1.00 bits per heavy atom.